The van der Waals surface area contributed by atoms with E-state index in [0.29, 0.717) is 17.6 Å². The van der Waals surface area contributed by atoms with Crippen molar-refractivity contribution in [2.75, 3.05) is 0 Å². The summed E-state index contributed by atoms with van der Waals surface area (Å²) >= 11 is 0. The van der Waals surface area contributed by atoms with E-state index < -0.39 is 0 Å². The number of carbonyl (C=O) groups is 1. The molecule has 2 aliphatic carbocycles. The molecule has 2 aliphatic rings. The highest BCUT2D eigenvalue weighted by Crippen LogP contribution is 2.47. The molecule has 0 aliphatic heterocycles. The van der Waals surface area contributed by atoms with Gasteiger partial charge in [-0.25, -0.2) is 0 Å². The molecular formula is C10H14O. The zero-order valence-electron chi connectivity index (χ0n) is 6.97. The van der Waals surface area contributed by atoms with E-state index >= 15 is 0 Å². The van der Waals surface area contributed by atoms with Gasteiger partial charge in [0.25, 0.3) is 0 Å². The lowest BCUT2D eigenvalue weighted by atomic mass is 9.98. The Bertz CT molecular complexity index is 217. The number of Topliss-reactive ketones (excluding diaryl/α,β-unsaturated/α-hetero) is 1. The lowest BCUT2D eigenvalue weighted by Crippen LogP contribution is -1.99. The fourth-order valence-electron chi connectivity index (χ4n) is 2.63. The number of fused-ring (bicyclic) bond motifs is 1. The van der Waals surface area contributed by atoms with Gasteiger partial charge >= 0.3 is 0 Å². The normalized spacial score (nSPS) is 43.2. The van der Waals surface area contributed by atoms with E-state index in [-0.39, 0.29) is 0 Å². The third-order valence-electron chi connectivity index (χ3n) is 3.18. The van der Waals surface area contributed by atoms with Crippen LogP contribution in [0.1, 0.15) is 26.2 Å². The van der Waals surface area contributed by atoms with Gasteiger partial charge in [0.05, 0.1) is 0 Å². The number of hydrogen-bond acceptors (Lipinski definition) is 1. The van der Waals surface area contributed by atoms with Crippen LogP contribution >= 0.6 is 0 Å². The molecule has 2 unspecified atom stereocenters. The van der Waals surface area contributed by atoms with Gasteiger partial charge in [0.15, 0.2) is 5.78 Å². The predicted octanol–water partition coefficient (Wildman–Crippen LogP) is 2.18. The summed E-state index contributed by atoms with van der Waals surface area (Å²) in [7, 11) is 0. The summed E-state index contributed by atoms with van der Waals surface area (Å²) in [4.78, 5) is 11.2. The van der Waals surface area contributed by atoms with Crippen LogP contribution in [0.25, 0.3) is 0 Å². The van der Waals surface area contributed by atoms with Crippen molar-refractivity contribution in [1.82, 2.24) is 0 Å². The van der Waals surface area contributed by atoms with Gasteiger partial charge < -0.3 is 0 Å². The molecule has 0 radical (unpaired) electrons. The van der Waals surface area contributed by atoms with Crippen LogP contribution in [-0.2, 0) is 4.79 Å². The van der Waals surface area contributed by atoms with Crippen LogP contribution in [0, 0.1) is 17.8 Å². The van der Waals surface area contributed by atoms with Crippen LogP contribution in [0.2, 0.25) is 0 Å². The molecule has 0 amide bonds. The third kappa shape index (κ3) is 0.943. The Balaban J connectivity index is 2.19. The molecule has 0 heterocycles. The van der Waals surface area contributed by atoms with Gasteiger partial charge in [-0.1, -0.05) is 13.5 Å². The fourth-order valence-corrected chi connectivity index (χ4v) is 2.63. The SMILES string of the molecule is C=C1C(=O)CC2CC(C)C[C@@H]12. The predicted molar refractivity (Wildman–Crippen MR) is 44.1 cm³/mol. The number of ketones is 1. The monoisotopic (exact) mass is 150 g/mol. The summed E-state index contributed by atoms with van der Waals surface area (Å²) < 4.78 is 0. The second-order valence-corrected chi connectivity index (χ2v) is 4.10. The first-order chi connectivity index (χ1) is 5.18. The summed E-state index contributed by atoms with van der Waals surface area (Å²) in [5.41, 5.74) is 0.916. The van der Waals surface area contributed by atoms with Crippen molar-refractivity contribution in [2.24, 2.45) is 17.8 Å². The minimum absolute atomic E-state index is 0.326. The maximum absolute atomic E-state index is 11.2. The van der Waals surface area contributed by atoms with Crippen molar-refractivity contribution in [3.63, 3.8) is 0 Å². The summed E-state index contributed by atoms with van der Waals surface area (Å²) in [5, 5.41) is 0. The topological polar surface area (TPSA) is 17.1 Å². The van der Waals surface area contributed by atoms with E-state index in [1.54, 1.807) is 0 Å². The quantitative estimate of drug-likeness (QED) is 0.484. The van der Waals surface area contributed by atoms with E-state index in [1.165, 1.54) is 12.8 Å². The molecule has 0 aromatic carbocycles. The van der Waals surface area contributed by atoms with Crippen molar-refractivity contribution in [3.8, 4) is 0 Å². The van der Waals surface area contributed by atoms with Gasteiger partial charge in [-0.05, 0) is 36.2 Å². The molecule has 0 N–H and O–H groups in total. The van der Waals surface area contributed by atoms with Crippen LogP contribution in [-0.4, -0.2) is 5.78 Å². The molecule has 3 atom stereocenters. The van der Waals surface area contributed by atoms with E-state index in [1.807, 2.05) is 0 Å². The average Bonchev–Trinajstić information content (AvgIpc) is 2.37. The first kappa shape index (κ1) is 7.08. The van der Waals surface area contributed by atoms with Crippen LogP contribution in [0.5, 0.6) is 0 Å². The second kappa shape index (κ2) is 2.20. The van der Waals surface area contributed by atoms with Crippen LogP contribution < -0.4 is 0 Å². The second-order valence-electron chi connectivity index (χ2n) is 4.10. The molecule has 0 aromatic rings. The van der Waals surface area contributed by atoms with Crippen LogP contribution in [0.4, 0.5) is 0 Å². The lowest BCUT2D eigenvalue weighted by molar-refractivity contribution is -0.114. The van der Waals surface area contributed by atoms with E-state index in [9.17, 15) is 4.79 Å². The summed E-state index contributed by atoms with van der Waals surface area (Å²) in [5.74, 6) is 2.35. The van der Waals surface area contributed by atoms with Crippen LogP contribution in [0.15, 0.2) is 12.2 Å². The first-order valence-corrected chi connectivity index (χ1v) is 4.40. The molecule has 0 aromatic heterocycles. The van der Waals surface area contributed by atoms with Crippen molar-refractivity contribution in [1.29, 1.82) is 0 Å². The number of rotatable bonds is 0. The average molecular weight is 150 g/mol. The van der Waals surface area contributed by atoms with Gasteiger partial charge in [0.2, 0.25) is 0 Å². The maximum atomic E-state index is 11.2. The fraction of sp³-hybridized carbons (Fsp3) is 0.700. The molecule has 2 rings (SSSR count). The lowest BCUT2D eigenvalue weighted by Gasteiger charge is -2.05. The van der Waals surface area contributed by atoms with E-state index in [4.69, 9.17) is 0 Å². The molecule has 0 bridgehead atoms. The summed E-state index contributed by atoms with van der Waals surface area (Å²) in [6.07, 6.45) is 3.23. The van der Waals surface area contributed by atoms with Gasteiger partial charge in [-0.3, -0.25) is 4.79 Å². The Morgan fingerprint density at radius 1 is 1.45 bits per heavy atom. The first-order valence-electron chi connectivity index (χ1n) is 4.40. The molecule has 0 spiro atoms. The molecule has 2 fully saturated rings. The molecule has 11 heavy (non-hydrogen) atoms. The largest absolute Gasteiger partial charge is 0.295 e. The zero-order valence-corrected chi connectivity index (χ0v) is 6.97. The Labute approximate surface area is 67.5 Å². The Morgan fingerprint density at radius 2 is 2.18 bits per heavy atom. The summed E-state index contributed by atoms with van der Waals surface area (Å²) in [6.45, 7) is 6.14. The number of hydrogen-bond donors (Lipinski definition) is 0. The van der Waals surface area contributed by atoms with Crippen molar-refractivity contribution >= 4 is 5.78 Å². The van der Waals surface area contributed by atoms with Gasteiger partial charge in [-0.15, -0.1) is 0 Å². The molecule has 1 nitrogen and oxygen atoms in total. The van der Waals surface area contributed by atoms with E-state index in [2.05, 4.69) is 13.5 Å². The smallest absolute Gasteiger partial charge is 0.158 e. The number of allylic oxidation sites excluding steroid dienone is 1. The molecule has 1 heteroatoms. The molecule has 2 saturated carbocycles. The molecule has 60 valence electrons. The third-order valence-corrected chi connectivity index (χ3v) is 3.18. The maximum Gasteiger partial charge on any atom is 0.158 e. The molecule has 0 saturated heterocycles. The number of carbonyl (C=O) groups excluding carboxylic acids is 1. The highest BCUT2D eigenvalue weighted by molar-refractivity contribution is 5.98. The highest BCUT2D eigenvalue weighted by Gasteiger charge is 2.41. The van der Waals surface area contributed by atoms with Gasteiger partial charge in [0.1, 0.15) is 0 Å². The van der Waals surface area contributed by atoms with Crippen molar-refractivity contribution in [2.45, 2.75) is 26.2 Å². The standard InChI is InChI=1S/C10H14O/c1-6-3-8-5-10(11)7(2)9(8)4-6/h6,8-9H,2-5H2,1H3/t6?,8?,9-/m0/s1. The Hall–Kier alpha value is -0.590. The van der Waals surface area contributed by atoms with Gasteiger partial charge in [0, 0.05) is 6.42 Å². The van der Waals surface area contributed by atoms with Crippen molar-refractivity contribution < 1.29 is 4.79 Å². The Morgan fingerprint density at radius 3 is 2.82 bits per heavy atom. The van der Waals surface area contributed by atoms with Crippen LogP contribution in [0.3, 0.4) is 0 Å². The summed E-state index contributed by atoms with van der Waals surface area (Å²) in [6, 6.07) is 0. The molecular weight excluding hydrogens is 136 g/mol. The minimum Gasteiger partial charge on any atom is -0.295 e. The van der Waals surface area contributed by atoms with Crippen molar-refractivity contribution in [3.05, 3.63) is 12.2 Å². The minimum atomic E-state index is 0.326. The Kier molecular flexibility index (Phi) is 1.41. The zero-order chi connectivity index (χ0) is 8.01. The van der Waals surface area contributed by atoms with Gasteiger partial charge in [-0.2, -0.15) is 0 Å². The highest BCUT2D eigenvalue weighted by atomic mass is 16.1. The van der Waals surface area contributed by atoms with E-state index in [0.717, 1.165) is 17.9 Å².